The van der Waals surface area contributed by atoms with Crippen LogP contribution in [0.25, 0.3) is 0 Å². The lowest BCUT2D eigenvalue weighted by atomic mass is 10.1. The smallest absolute Gasteiger partial charge is 0.123 e. The predicted octanol–water partition coefficient (Wildman–Crippen LogP) is 3.70. The summed E-state index contributed by atoms with van der Waals surface area (Å²) in [6, 6.07) is 10.0. The van der Waals surface area contributed by atoms with Crippen molar-refractivity contribution in [2.75, 3.05) is 0 Å². The molecule has 1 heterocycles. The van der Waals surface area contributed by atoms with Crippen LogP contribution in [0.4, 0.5) is 4.39 Å². The van der Waals surface area contributed by atoms with Crippen molar-refractivity contribution >= 4 is 27.3 Å². The highest BCUT2D eigenvalue weighted by atomic mass is 79.9. The van der Waals surface area contributed by atoms with Gasteiger partial charge < -0.3 is 5.73 Å². The fourth-order valence-electron chi connectivity index (χ4n) is 1.33. The van der Waals surface area contributed by atoms with E-state index in [9.17, 15) is 4.39 Å². The van der Waals surface area contributed by atoms with Crippen molar-refractivity contribution in [1.29, 1.82) is 0 Å². The first-order valence-electron chi connectivity index (χ1n) is 4.43. The number of thiophene rings is 1. The van der Waals surface area contributed by atoms with Gasteiger partial charge in [-0.2, -0.15) is 0 Å². The zero-order valence-corrected chi connectivity index (χ0v) is 10.2. The third-order valence-corrected chi connectivity index (χ3v) is 3.84. The minimum atomic E-state index is -0.238. The summed E-state index contributed by atoms with van der Waals surface area (Å²) >= 11 is 4.98. The van der Waals surface area contributed by atoms with Crippen molar-refractivity contribution in [3.63, 3.8) is 0 Å². The van der Waals surface area contributed by atoms with Gasteiger partial charge in [0.15, 0.2) is 0 Å². The average Bonchev–Trinajstić information content (AvgIpc) is 2.65. The zero-order chi connectivity index (χ0) is 10.8. The summed E-state index contributed by atoms with van der Waals surface area (Å²) in [5, 5.41) is 0. The molecule has 2 N–H and O–H groups in total. The van der Waals surface area contributed by atoms with E-state index in [2.05, 4.69) is 15.9 Å². The van der Waals surface area contributed by atoms with Crippen LogP contribution in [0.5, 0.6) is 0 Å². The molecule has 1 unspecified atom stereocenters. The van der Waals surface area contributed by atoms with Crippen LogP contribution in [-0.2, 0) is 0 Å². The van der Waals surface area contributed by atoms with Gasteiger partial charge in [-0.1, -0.05) is 12.1 Å². The molecule has 2 aromatic rings. The van der Waals surface area contributed by atoms with Gasteiger partial charge >= 0.3 is 0 Å². The molecule has 0 spiro atoms. The largest absolute Gasteiger partial charge is 0.320 e. The Balaban J connectivity index is 2.28. The molecule has 4 heteroatoms. The topological polar surface area (TPSA) is 26.0 Å². The maximum Gasteiger partial charge on any atom is 0.123 e. The van der Waals surface area contributed by atoms with Gasteiger partial charge in [-0.3, -0.25) is 0 Å². The maximum atomic E-state index is 12.7. The Morgan fingerprint density at radius 3 is 2.33 bits per heavy atom. The quantitative estimate of drug-likeness (QED) is 0.895. The van der Waals surface area contributed by atoms with E-state index in [0.29, 0.717) is 0 Å². The summed E-state index contributed by atoms with van der Waals surface area (Å²) in [6.07, 6.45) is 0. The van der Waals surface area contributed by atoms with Crippen molar-refractivity contribution < 1.29 is 4.39 Å². The van der Waals surface area contributed by atoms with E-state index < -0.39 is 0 Å². The molecule has 0 saturated carbocycles. The molecule has 0 aliphatic rings. The second-order valence-corrected chi connectivity index (χ2v) is 5.67. The standard InChI is InChI=1S/C11H9BrFNS/c12-10-6-5-9(15-10)11(14)7-1-3-8(13)4-2-7/h1-6,11H,14H2. The van der Waals surface area contributed by atoms with E-state index >= 15 is 0 Å². The minimum Gasteiger partial charge on any atom is -0.320 e. The van der Waals surface area contributed by atoms with Gasteiger partial charge in [0, 0.05) is 4.88 Å². The van der Waals surface area contributed by atoms with Gasteiger partial charge in [-0.15, -0.1) is 11.3 Å². The Hall–Kier alpha value is -0.710. The Bertz CT molecular complexity index is 452. The van der Waals surface area contributed by atoms with Crippen LogP contribution in [0.2, 0.25) is 0 Å². The molecule has 0 fully saturated rings. The van der Waals surface area contributed by atoms with Gasteiger partial charge in [0.2, 0.25) is 0 Å². The average molecular weight is 286 g/mol. The molecule has 0 bridgehead atoms. The lowest BCUT2D eigenvalue weighted by molar-refractivity contribution is 0.626. The first-order chi connectivity index (χ1) is 7.16. The molecule has 15 heavy (non-hydrogen) atoms. The molecule has 1 aromatic heterocycles. The SMILES string of the molecule is NC(c1ccc(F)cc1)c1ccc(Br)s1. The first-order valence-corrected chi connectivity index (χ1v) is 6.04. The van der Waals surface area contributed by atoms with E-state index in [4.69, 9.17) is 5.73 Å². The Kier molecular flexibility index (Phi) is 3.19. The Labute approximate surface area is 99.9 Å². The van der Waals surface area contributed by atoms with E-state index in [1.165, 1.54) is 12.1 Å². The molecule has 78 valence electrons. The van der Waals surface area contributed by atoms with Crippen LogP contribution in [0.15, 0.2) is 40.2 Å². The monoisotopic (exact) mass is 285 g/mol. The van der Waals surface area contributed by atoms with Crippen LogP contribution >= 0.6 is 27.3 Å². The van der Waals surface area contributed by atoms with Crippen LogP contribution < -0.4 is 5.73 Å². The first kappa shape index (κ1) is 10.8. The number of benzene rings is 1. The number of hydrogen-bond donors (Lipinski definition) is 1. The second-order valence-electron chi connectivity index (χ2n) is 3.17. The summed E-state index contributed by atoms with van der Waals surface area (Å²) in [7, 11) is 0. The molecular formula is C11H9BrFNS. The van der Waals surface area contributed by atoms with Gasteiger partial charge in [0.1, 0.15) is 5.82 Å². The van der Waals surface area contributed by atoms with E-state index in [-0.39, 0.29) is 11.9 Å². The van der Waals surface area contributed by atoms with Gasteiger partial charge in [0.25, 0.3) is 0 Å². The van der Waals surface area contributed by atoms with Crippen molar-refractivity contribution in [3.8, 4) is 0 Å². The number of halogens is 2. The highest BCUT2D eigenvalue weighted by molar-refractivity contribution is 9.11. The van der Waals surface area contributed by atoms with Crippen LogP contribution in [-0.4, -0.2) is 0 Å². The molecule has 2 rings (SSSR count). The number of nitrogens with two attached hydrogens (primary N) is 1. The summed E-state index contributed by atoms with van der Waals surface area (Å²) in [4.78, 5) is 1.06. The molecule has 0 radical (unpaired) electrons. The number of hydrogen-bond acceptors (Lipinski definition) is 2. The van der Waals surface area contributed by atoms with E-state index in [0.717, 1.165) is 14.2 Å². The van der Waals surface area contributed by atoms with Crippen LogP contribution in [0.1, 0.15) is 16.5 Å². The molecule has 0 amide bonds. The van der Waals surface area contributed by atoms with E-state index in [1.54, 1.807) is 23.5 Å². The van der Waals surface area contributed by atoms with Gasteiger partial charge in [-0.25, -0.2) is 4.39 Å². The number of rotatable bonds is 2. The van der Waals surface area contributed by atoms with Crippen molar-refractivity contribution in [3.05, 3.63) is 56.4 Å². The molecular weight excluding hydrogens is 277 g/mol. The minimum absolute atomic E-state index is 0.179. The van der Waals surface area contributed by atoms with Gasteiger partial charge in [0.05, 0.1) is 9.83 Å². The lowest BCUT2D eigenvalue weighted by Gasteiger charge is -2.09. The third kappa shape index (κ3) is 2.45. The zero-order valence-electron chi connectivity index (χ0n) is 7.78. The molecule has 0 saturated heterocycles. The van der Waals surface area contributed by atoms with E-state index in [1.807, 2.05) is 12.1 Å². The Morgan fingerprint density at radius 1 is 1.13 bits per heavy atom. The molecule has 0 aliphatic heterocycles. The highest BCUT2D eigenvalue weighted by Crippen LogP contribution is 2.29. The van der Waals surface area contributed by atoms with Crippen LogP contribution in [0, 0.1) is 5.82 Å². The summed E-state index contributed by atoms with van der Waals surface area (Å²) in [6.45, 7) is 0. The highest BCUT2D eigenvalue weighted by Gasteiger charge is 2.10. The second kappa shape index (κ2) is 4.43. The predicted molar refractivity (Wildman–Crippen MR) is 64.4 cm³/mol. The Morgan fingerprint density at radius 2 is 1.80 bits per heavy atom. The fraction of sp³-hybridized carbons (Fsp3) is 0.0909. The van der Waals surface area contributed by atoms with Crippen molar-refractivity contribution in [2.24, 2.45) is 5.73 Å². The maximum absolute atomic E-state index is 12.7. The van der Waals surface area contributed by atoms with Crippen molar-refractivity contribution in [2.45, 2.75) is 6.04 Å². The summed E-state index contributed by atoms with van der Waals surface area (Å²) in [5.74, 6) is -0.238. The molecule has 1 aromatic carbocycles. The summed E-state index contributed by atoms with van der Waals surface area (Å²) in [5.41, 5.74) is 6.97. The third-order valence-electron chi connectivity index (χ3n) is 2.13. The lowest BCUT2D eigenvalue weighted by Crippen LogP contribution is -2.09. The molecule has 0 aliphatic carbocycles. The van der Waals surface area contributed by atoms with Crippen LogP contribution in [0.3, 0.4) is 0 Å². The fourth-order valence-corrected chi connectivity index (χ4v) is 2.78. The van der Waals surface area contributed by atoms with Gasteiger partial charge in [-0.05, 0) is 45.8 Å². The molecule has 1 nitrogen and oxygen atoms in total. The summed E-state index contributed by atoms with van der Waals surface area (Å²) < 4.78 is 13.8. The normalized spacial score (nSPS) is 12.7. The molecule has 1 atom stereocenters. The van der Waals surface area contributed by atoms with Crippen molar-refractivity contribution in [1.82, 2.24) is 0 Å².